The summed E-state index contributed by atoms with van der Waals surface area (Å²) in [4.78, 5) is 39.5. The van der Waals surface area contributed by atoms with Gasteiger partial charge in [-0.15, -0.1) is 0 Å². The third-order valence-corrected chi connectivity index (χ3v) is 5.16. The van der Waals surface area contributed by atoms with Crippen molar-refractivity contribution in [2.45, 2.75) is 38.8 Å². The largest absolute Gasteiger partial charge is 0.441 e. The van der Waals surface area contributed by atoms with E-state index in [1.54, 1.807) is 22.9 Å². The lowest BCUT2D eigenvalue weighted by atomic mass is 9.91. The quantitative estimate of drug-likeness (QED) is 0.834. The molecule has 0 bridgehead atoms. The highest BCUT2D eigenvalue weighted by atomic mass is 16.6. The highest BCUT2D eigenvalue weighted by molar-refractivity contribution is 5.92. The number of rotatable bonds is 4. The summed E-state index contributed by atoms with van der Waals surface area (Å²) in [5.41, 5.74) is 0.618. The minimum Gasteiger partial charge on any atom is -0.441 e. The number of likely N-dealkylation sites (tertiary alicyclic amines) is 1. The van der Waals surface area contributed by atoms with Gasteiger partial charge in [0, 0.05) is 45.2 Å². The summed E-state index contributed by atoms with van der Waals surface area (Å²) in [7, 11) is 1.56. The number of hydrogen-bond donors (Lipinski definition) is 1. The van der Waals surface area contributed by atoms with Crippen LogP contribution in [0.3, 0.4) is 0 Å². The predicted molar refractivity (Wildman–Crippen MR) is 92.6 cm³/mol. The molecule has 0 atom stereocenters. The van der Waals surface area contributed by atoms with E-state index in [9.17, 15) is 14.4 Å². The molecule has 2 saturated heterocycles. The zero-order valence-corrected chi connectivity index (χ0v) is 15.4. The Kier molecular flexibility index (Phi) is 4.88. The molecule has 2 aliphatic rings. The fraction of sp³-hybridized carbons (Fsp3) is 0.647. The van der Waals surface area contributed by atoms with Crippen molar-refractivity contribution >= 4 is 17.9 Å². The van der Waals surface area contributed by atoms with Crippen molar-refractivity contribution in [3.05, 3.63) is 17.5 Å². The fourth-order valence-electron chi connectivity index (χ4n) is 3.46. The monoisotopic (exact) mass is 363 g/mol. The van der Waals surface area contributed by atoms with E-state index in [0.29, 0.717) is 44.7 Å². The van der Waals surface area contributed by atoms with Gasteiger partial charge in [-0.2, -0.15) is 5.10 Å². The number of aromatic nitrogens is 2. The molecule has 26 heavy (non-hydrogen) atoms. The SMILES string of the molecule is CCN1CC2(CCN(C(=O)c3cc(C)n(CC(=O)NC)n3)CC2)OC1=O. The minimum absolute atomic E-state index is 0.0848. The van der Waals surface area contributed by atoms with Crippen LogP contribution in [0.25, 0.3) is 0 Å². The molecule has 9 heteroatoms. The number of piperidine rings is 1. The second kappa shape index (κ2) is 6.97. The Morgan fingerprint density at radius 1 is 1.35 bits per heavy atom. The smallest absolute Gasteiger partial charge is 0.410 e. The van der Waals surface area contributed by atoms with Crippen molar-refractivity contribution in [1.82, 2.24) is 24.9 Å². The molecule has 0 radical (unpaired) electrons. The third kappa shape index (κ3) is 3.38. The lowest BCUT2D eigenvalue weighted by Gasteiger charge is -2.37. The number of carbonyl (C=O) groups excluding carboxylic acids is 3. The van der Waals surface area contributed by atoms with Crippen LogP contribution in [0.5, 0.6) is 0 Å². The minimum atomic E-state index is -0.474. The van der Waals surface area contributed by atoms with E-state index in [1.165, 1.54) is 4.68 Å². The average Bonchev–Trinajstić information content (AvgIpc) is 3.14. The number of nitrogens with one attached hydrogen (secondary N) is 1. The van der Waals surface area contributed by atoms with Crippen molar-refractivity contribution in [2.75, 3.05) is 33.2 Å². The van der Waals surface area contributed by atoms with E-state index in [1.807, 2.05) is 13.8 Å². The van der Waals surface area contributed by atoms with E-state index in [2.05, 4.69) is 10.4 Å². The molecular weight excluding hydrogens is 338 g/mol. The van der Waals surface area contributed by atoms with Crippen LogP contribution in [-0.2, 0) is 16.1 Å². The average molecular weight is 363 g/mol. The van der Waals surface area contributed by atoms with Crippen molar-refractivity contribution in [3.63, 3.8) is 0 Å². The first kappa shape index (κ1) is 18.2. The van der Waals surface area contributed by atoms with Gasteiger partial charge in [-0.1, -0.05) is 0 Å². The maximum atomic E-state index is 12.7. The molecule has 0 aliphatic carbocycles. The van der Waals surface area contributed by atoms with Crippen LogP contribution in [0.4, 0.5) is 4.79 Å². The first-order valence-corrected chi connectivity index (χ1v) is 8.89. The van der Waals surface area contributed by atoms with Gasteiger partial charge in [-0.05, 0) is 19.9 Å². The molecule has 1 spiro atoms. The van der Waals surface area contributed by atoms with Crippen molar-refractivity contribution < 1.29 is 19.1 Å². The molecule has 3 heterocycles. The lowest BCUT2D eigenvalue weighted by Crippen LogP contribution is -2.48. The zero-order chi connectivity index (χ0) is 18.9. The van der Waals surface area contributed by atoms with Crippen LogP contribution in [0.15, 0.2) is 6.07 Å². The summed E-state index contributed by atoms with van der Waals surface area (Å²) in [5.74, 6) is -0.325. The molecule has 2 aliphatic heterocycles. The zero-order valence-electron chi connectivity index (χ0n) is 15.4. The summed E-state index contributed by atoms with van der Waals surface area (Å²) < 4.78 is 7.11. The molecule has 0 aromatic carbocycles. The summed E-state index contributed by atoms with van der Waals surface area (Å²) in [6.45, 7) is 6.08. The van der Waals surface area contributed by atoms with Crippen LogP contribution in [0.2, 0.25) is 0 Å². The molecule has 142 valence electrons. The van der Waals surface area contributed by atoms with Crippen LogP contribution in [0, 0.1) is 6.92 Å². The Balaban J connectivity index is 1.63. The Hall–Kier alpha value is -2.58. The molecule has 1 aromatic rings. The molecule has 9 nitrogen and oxygen atoms in total. The Morgan fingerprint density at radius 2 is 2.04 bits per heavy atom. The highest BCUT2D eigenvalue weighted by Crippen LogP contribution is 2.33. The molecular formula is C17H25N5O4. The summed E-state index contributed by atoms with van der Waals surface area (Å²) in [6, 6.07) is 1.70. The van der Waals surface area contributed by atoms with Crippen LogP contribution in [-0.4, -0.2) is 76.3 Å². The Bertz CT molecular complexity index is 721. The second-order valence-corrected chi connectivity index (χ2v) is 6.86. The number of aryl methyl sites for hydroxylation is 1. The summed E-state index contributed by atoms with van der Waals surface area (Å²) in [6.07, 6.45) is 0.980. The molecule has 2 fully saturated rings. The third-order valence-electron chi connectivity index (χ3n) is 5.16. The van der Waals surface area contributed by atoms with Gasteiger partial charge in [0.1, 0.15) is 12.1 Å². The number of amides is 3. The maximum absolute atomic E-state index is 12.7. The standard InChI is InChI=1S/C17H25N5O4/c1-4-20-11-17(26-16(20)25)5-7-21(8-6-17)15(24)13-9-12(2)22(19-13)10-14(23)18-3/h9H,4-8,10-11H2,1-3H3,(H,18,23). The van der Waals surface area contributed by atoms with Gasteiger partial charge in [-0.25, -0.2) is 4.79 Å². The fourth-order valence-corrected chi connectivity index (χ4v) is 3.46. The predicted octanol–water partition coefficient (Wildman–Crippen LogP) is 0.384. The van der Waals surface area contributed by atoms with E-state index in [4.69, 9.17) is 4.74 Å². The van der Waals surface area contributed by atoms with Crippen molar-refractivity contribution in [1.29, 1.82) is 0 Å². The van der Waals surface area contributed by atoms with Crippen LogP contribution in [0.1, 0.15) is 35.9 Å². The first-order valence-electron chi connectivity index (χ1n) is 8.89. The molecule has 1 aromatic heterocycles. The van der Waals surface area contributed by atoms with E-state index >= 15 is 0 Å². The molecule has 0 saturated carbocycles. The number of likely N-dealkylation sites (N-methyl/N-ethyl adjacent to an activating group) is 2. The van der Waals surface area contributed by atoms with Gasteiger partial charge in [-0.3, -0.25) is 14.3 Å². The topological polar surface area (TPSA) is 96.8 Å². The first-order chi connectivity index (χ1) is 12.4. The summed E-state index contributed by atoms with van der Waals surface area (Å²) in [5, 5.41) is 6.81. The Morgan fingerprint density at radius 3 is 2.62 bits per heavy atom. The number of carbonyl (C=O) groups is 3. The van der Waals surface area contributed by atoms with Gasteiger partial charge in [0.15, 0.2) is 5.69 Å². The second-order valence-electron chi connectivity index (χ2n) is 6.86. The van der Waals surface area contributed by atoms with E-state index < -0.39 is 5.60 Å². The maximum Gasteiger partial charge on any atom is 0.410 e. The van der Waals surface area contributed by atoms with Gasteiger partial charge in [0.2, 0.25) is 5.91 Å². The van der Waals surface area contributed by atoms with Gasteiger partial charge in [0.05, 0.1) is 6.54 Å². The number of hydrogen-bond acceptors (Lipinski definition) is 5. The van der Waals surface area contributed by atoms with Gasteiger partial charge >= 0.3 is 6.09 Å². The van der Waals surface area contributed by atoms with Crippen molar-refractivity contribution in [3.8, 4) is 0 Å². The Labute approximate surface area is 152 Å². The number of nitrogens with zero attached hydrogens (tertiary/aromatic N) is 4. The highest BCUT2D eigenvalue weighted by Gasteiger charge is 2.47. The van der Waals surface area contributed by atoms with Gasteiger partial charge < -0.3 is 19.9 Å². The molecule has 0 unspecified atom stereocenters. The normalized spacial score (nSPS) is 19.0. The van der Waals surface area contributed by atoms with E-state index in [-0.39, 0.29) is 24.5 Å². The molecule has 3 rings (SSSR count). The van der Waals surface area contributed by atoms with Crippen LogP contribution < -0.4 is 5.32 Å². The summed E-state index contributed by atoms with van der Waals surface area (Å²) >= 11 is 0. The van der Waals surface area contributed by atoms with Crippen LogP contribution >= 0.6 is 0 Å². The number of ether oxygens (including phenoxy) is 1. The van der Waals surface area contributed by atoms with E-state index in [0.717, 1.165) is 5.69 Å². The lowest BCUT2D eigenvalue weighted by molar-refractivity contribution is -0.121. The molecule has 3 amide bonds. The van der Waals surface area contributed by atoms with Crippen molar-refractivity contribution in [2.24, 2.45) is 0 Å². The molecule has 1 N–H and O–H groups in total. The van der Waals surface area contributed by atoms with Gasteiger partial charge in [0.25, 0.3) is 5.91 Å².